The first-order valence-electron chi connectivity index (χ1n) is 27.0. The number of allylic oxidation sites excluding steroid dienone is 6. The number of hydrogen-bond acceptors (Lipinski definition) is 23. The monoisotopic (exact) mass is 1310 g/mol. The van der Waals surface area contributed by atoms with Gasteiger partial charge in [0, 0.05) is 102 Å². The number of fused-ring (bicyclic) bond motifs is 2. The molecule has 0 bridgehead atoms. The fraction of sp³-hybridized carbons (Fsp3) is 0.481. The summed E-state index contributed by atoms with van der Waals surface area (Å²) in [5.74, 6) is 0.196. The molecule has 2 aromatic carbocycles. The van der Waals surface area contributed by atoms with Crippen LogP contribution in [0.1, 0.15) is 115 Å². The molecule has 3 aliphatic rings. The van der Waals surface area contributed by atoms with Crippen LogP contribution in [0.15, 0.2) is 105 Å². The minimum absolute atomic E-state index is 0. The van der Waals surface area contributed by atoms with E-state index in [1.54, 1.807) is 0 Å². The molecule has 3 aliphatic heterocycles. The Morgan fingerprint density at radius 2 is 1.55 bits per heavy atom. The van der Waals surface area contributed by atoms with Crippen molar-refractivity contribution in [3.05, 3.63) is 128 Å². The third-order valence-electron chi connectivity index (χ3n) is 14.4. The van der Waals surface area contributed by atoms with Crippen LogP contribution < -0.4 is 123 Å². The van der Waals surface area contributed by atoms with Crippen LogP contribution in [-0.4, -0.2) is 97.3 Å². The molecule has 89 heavy (non-hydrogen) atoms. The molecule has 28 nitrogen and oxygen atoms in total. The van der Waals surface area contributed by atoms with Gasteiger partial charge in [-0.25, -0.2) is 18.0 Å². The summed E-state index contributed by atoms with van der Waals surface area (Å²) in [7, 11) is -17.7. The number of hydrogen-bond donors (Lipinski definition) is 6. The molecule has 1 saturated heterocycles. The molecular weight excluding hydrogens is 1250 g/mol. The number of benzene rings is 2. The molecule has 4 heterocycles. The van der Waals surface area contributed by atoms with E-state index in [0.717, 1.165) is 69.7 Å². The van der Waals surface area contributed by atoms with Crippen LogP contribution in [0.25, 0.3) is 6.08 Å². The van der Waals surface area contributed by atoms with E-state index in [1.165, 1.54) is 17.7 Å². The summed E-state index contributed by atoms with van der Waals surface area (Å²) >= 11 is 1.78. The number of unbranched alkanes of at least 4 members (excludes halogenated alkanes) is 2. The van der Waals surface area contributed by atoms with E-state index in [4.69, 9.17) is 14.5 Å². The third-order valence-corrected chi connectivity index (χ3v) is 19.3. The number of anilines is 1. The van der Waals surface area contributed by atoms with E-state index < -0.39 is 65.2 Å². The number of para-hydroxylation sites is 1. The predicted molar refractivity (Wildman–Crippen MR) is 303 cm³/mol. The summed E-state index contributed by atoms with van der Waals surface area (Å²) in [6.45, 7) is 9.42. The van der Waals surface area contributed by atoms with Gasteiger partial charge in [-0.05, 0) is 96.1 Å². The number of aliphatic hydroxyl groups excluding tert-OH is 1. The molecule has 0 aliphatic carbocycles. The summed E-state index contributed by atoms with van der Waals surface area (Å²) in [6.07, 6.45) is 14.8. The van der Waals surface area contributed by atoms with Crippen LogP contribution >= 0.6 is 47.6 Å². The van der Waals surface area contributed by atoms with Crippen molar-refractivity contribution in [3.8, 4) is 0 Å². The van der Waals surface area contributed by atoms with Crippen molar-refractivity contribution >= 4 is 82.5 Å². The van der Waals surface area contributed by atoms with Gasteiger partial charge in [-0.1, -0.05) is 55.0 Å². The van der Waals surface area contributed by atoms with Gasteiger partial charge in [-0.15, -0.1) is 0 Å². The average Bonchev–Trinajstić information content (AvgIpc) is 1.68. The van der Waals surface area contributed by atoms with Gasteiger partial charge in [0.15, 0.2) is 5.71 Å². The summed E-state index contributed by atoms with van der Waals surface area (Å²) < 4.78 is 63.4. The van der Waals surface area contributed by atoms with E-state index in [2.05, 4.69) is 109 Å². The number of aliphatic hydroxyl groups is 1. The number of phosphoric ester groups is 1. The Bertz CT molecular complexity index is 3270. The fourth-order valence-electron chi connectivity index (χ4n) is 10.5. The maximum Gasteiger partial charge on any atom is 1.00 e. The standard InChI is InChI=1S/C52H71N6O22P3S2.4Li/c1-5-56-40-20-13-12-19-38(40)51(3,44(56)21-9-7-10-22-45-52(4,28-17-31-84-77-75-64)39-32-37(85-78-76-65)25-26-41(39)57(45)6-2)27-15-24-47(61)53-29-14-8-11-23-46(60)54-30-16-18-36-34-58(50(63)55-49(36)62)48-33-42(59)43(74-48)35-73-82(69,70)80-83(71,72)79-81(66,67)68;;;;/h7,9-10,12-13,16,18-22,25-26,32,34,42-43,48,59H,5-6,8,11,14-15,17,23-24,27-31,33,35H2,1-4H3,(H8-,53,54,55,60,61,62,63,64,65,66,67,68,69,70,71,72);;;;/q;4*+1/p-3/b18-16+;;;;/t42?,43?,48?,51-,52+;;;;/m0..../s1. The van der Waals surface area contributed by atoms with E-state index in [1.807, 2.05) is 48.6 Å². The molecule has 37 heteroatoms. The quantitative estimate of drug-likeness (QED) is 0.00465. The van der Waals surface area contributed by atoms with Gasteiger partial charge in [-0.3, -0.25) is 43.1 Å². The van der Waals surface area contributed by atoms with Gasteiger partial charge in [0.2, 0.25) is 17.5 Å². The van der Waals surface area contributed by atoms with E-state index >= 15 is 0 Å². The van der Waals surface area contributed by atoms with Crippen molar-refractivity contribution < 1.29 is 175 Å². The maximum atomic E-state index is 13.1. The first-order valence-corrected chi connectivity index (χ1v) is 33.1. The fourth-order valence-corrected chi connectivity index (χ4v) is 14.2. The molecule has 2 amide bonds. The van der Waals surface area contributed by atoms with Gasteiger partial charge < -0.3 is 60.0 Å². The molecule has 6 N–H and O–H groups in total. The Balaban J connectivity index is 0.00000675. The van der Waals surface area contributed by atoms with Gasteiger partial charge in [-0.2, -0.15) is 13.2 Å². The second-order valence-electron chi connectivity index (χ2n) is 20.1. The minimum atomic E-state index is -6.10. The Morgan fingerprint density at radius 1 is 0.854 bits per heavy atom. The number of likely N-dealkylation sites (N-methyl/N-ethyl adjacent to an activating group) is 1. The molecule has 3 aromatic rings. The largest absolute Gasteiger partial charge is 1.00 e. The Hall–Kier alpha value is -2.33. The Kier molecular flexibility index (Phi) is 36.2. The number of nitrogens with zero attached hydrogens (tertiary/aromatic N) is 3. The summed E-state index contributed by atoms with van der Waals surface area (Å²) in [6, 6.07) is 14.2. The first-order chi connectivity index (χ1) is 40.4. The second-order valence-corrected chi connectivity index (χ2v) is 25.9. The zero-order valence-electron chi connectivity index (χ0n) is 50.8. The van der Waals surface area contributed by atoms with Crippen LogP contribution in [-0.2, 0) is 70.7 Å². The SMILES string of the molecule is CCN1C(=CC=CC=CC2=[N+](CC)c3ccccc3[C@]2(C)CCCC(=O)NCCCCCC(=O)NC/C=C/c2cn(C3CC(O)C(COP(=O)([O-])OP(=O)([O-])OP(=O)(O)O)O3)c(=O)[nH]c2=O)[C@](C)(CCCSOO[O-])c2cc(SOO[O-])ccc21.[Li+].[Li+].[Li+].[Li+]. The molecule has 1 fully saturated rings. The molecule has 1 aromatic heterocycles. The van der Waals surface area contributed by atoms with Crippen molar-refractivity contribution in [2.24, 2.45) is 0 Å². The van der Waals surface area contributed by atoms with Crippen molar-refractivity contribution in [2.45, 2.75) is 126 Å². The van der Waals surface area contributed by atoms with E-state index in [0.29, 0.717) is 75.1 Å². The van der Waals surface area contributed by atoms with Crippen molar-refractivity contribution in [3.63, 3.8) is 0 Å². The van der Waals surface area contributed by atoms with Crippen LogP contribution in [0.3, 0.4) is 0 Å². The molecular formula is C52H68Li4N6O22P3S2+. The number of nitrogens with one attached hydrogen (secondary N) is 3. The van der Waals surface area contributed by atoms with Crippen molar-refractivity contribution in [2.75, 3.05) is 43.4 Å². The Labute approximate surface area is 571 Å². The number of carbonyl (C=O) groups is 2. The van der Waals surface area contributed by atoms with Gasteiger partial charge >= 0.3 is 89.0 Å². The number of carbonyl (C=O) groups excluding carboxylic acids is 2. The molecule has 0 spiro atoms. The summed E-state index contributed by atoms with van der Waals surface area (Å²) in [4.78, 5) is 96.7. The number of ether oxygens (including phenoxy) is 1. The molecule has 5 unspecified atom stereocenters. The minimum Gasteiger partial charge on any atom is -0.756 e. The topological polar surface area (TPSA) is 397 Å². The average molecular weight is 1310 g/mol. The molecule has 0 radical (unpaired) electrons. The second kappa shape index (κ2) is 38.9. The number of phosphoric acid groups is 3. The third kappa shape index (κ3) is 23.8. The van der Waals surface area contributed by atoms with Gasteiger partial charge in [0.05, 0.1) is 35.7 Å². The maximum absolute atomic E-state index is 13.1. The number of rotatable bonds is 35. The smallest absolute Gasteiger partial charge is 0.756 e. The summed E-state index contributed by atoms with van der Waals surface area (Å²) in [5.41, 5.74) is 3.96. The number of aromatic nitrogens is 2. The predicted octanol–water partition coefficient (Wildman–Crippen LogP) is -7.99. The van der Waals surface area contributed by atoms with Crippen molar-refractivity contribution in [1.29, 1.82) is 0 Å². The van der Waals surface area contributed by atoms with E-state index in [9.17, 15) is 58.3 Å². The molecule has 0 saturated carbocycles. The Morgan fingerprint density at radius 3 is 2.25 bits per heavy atom. The molecule has 468 valence electrons. The van der Waals surface area contributed by atoms with Crippen molar-refractivity contribution in [1.82, 2.24) is 20.2 Å². The van der Waals surface area contributed by atoms with Gasteiger partial charge in [0.25, 0.3) is 21.2 Å². The molecule has 7 atom stereocenters. The van der Waals surface area contributed by atoms with Crippen LogP contribution in [0, 0.1) is 0 Å². The number of aromatic amines is 1. The van der Waals surface area contributed by atoms with E-state index in [-0.39, 0.29) is 118 Å². The van der Waals surface area contributed by atoms with Crippen LogP contribution in [0.5, 0.6) is 0 Å². The number of amides is 2. The normalized spacial score (nSPS) is 21.4. The first kappa shape index (κ1) is 82.8. The number of H-pyrrole nitrogens is 1. The molecule has 6 rings (SSSR count). The zero-order valence-corrected chi connectivity index (χ0v) is 55.1. The summed E-state index contributed by atoms with van der Waals surface area (Å²) in [5, 5.41) is 44.3. The van der Waals surface area contributed by atoms with Gasteiger partial charge in [0.1, 0.15) is 18.9 Å². The van der Waals surface area contributed by atoms with Crippen LogP contribution in [0.4, 0.5) is 11.4 Å². The zero-order chi connectivity index (χ0) is 62.0. The van der Waals surface area contributed by atoms with Crippen LogP contribution in [0.2, 0.25) is 0 Å².